The van der Waals surface area contributed by atoms with Crippen molar-refractivity contribution in [2.75, 3.05) is 11.9 Å². The second-order valence-electron chi connectivity index (χ2n) is 10.8. The predicted octanol–water partition coefficient (Wildman–Crippen LogP) is 9.06. The summed E-state index contributed by atoms with van der Waals surface area (Å²) >= 11 is 1.94. The van der Waals surface area contributed by atoms with E-state index in [-0.39, 0.29) is 11.4 Å². The topological polar surface area (TPSA) is 41.3 Å². The molecule has 1 heterocycles. The molecule has 0 radical (unpaired) electrons. The first-order valence-corrected chi connectivity index (χ1v) is 15.3. The molecule has 1 aliphatic rings. The predicted molar refractivity (Wildman–Crippen MR) is 180 cm³/mol. The van der Waals surface area contributed by atoms with Crippen LogP contribution in [0.15, 0.2) is 144 Å². The van der Waals surface area contributed by atoms with Crippen molar-refractivity contribution in [2.24, 2.45) is 5.73 Å². The second-order valence-corrected chi connectivity index (χ2v) is 12.0. The fourth-order valence-corrected chi connectivity index (χ4v) is 7.40. The minimum Gasteiger partial charge on any atom is -0.398 e. The monoisotopic (exact) mass is 563 g/mol. The molecule has 0 saturated carbocycles. The van der Waals surface area contributed by atoms with E-state index in [2.05, 4.69) is 139 Å². The molecular formula is C38H33N3S. The van der Waals surface area contributed by atoms with Gasteiger partial charge in [-0.2, -0.15) is 0 Å². The lowest BCUT2D eigenvalue weighted by atomic mass is 9.96. The highest BCUT2D eigenvalue weighted by molar-refractivity contribution is 8.00. The SMILES string of the molecule is CN1c2c(ccc3ccc4c(CNC(/C=C(\N)c5ccccc5)c5ccccc5)cccc4c23)SC1c1ccccc1. The van der Waals surface area contributed by atoms with Crippen molar-refractivity contribution >= 4 is 44.7 Å². The van der Waals surface area contributed by atoms with Gasteiger partial charge in [-0.3, -0.25) is 0 Å². The van der Waals surface area contributed by atoms with Crippen LogP contribution >= 0.6 is 11.8 Å². The first-order chi connectivity index (χ1) is 20.7. The fraction of sp³-hybridized carbons (Fsp3) is 0.105. The number of fused-ring (bicyclic) bond motifs is 5. The summed E-state index contributed by atoms with van der Waals surface area (Å²) in [7, 11) is 2.23. The molecule has 206 valence electrons. The van der Waals surface area contributed by atoms with Gasteiger partial charge in [0.05, 0.1) is 11.7 Å². The van der Waals surface area contributed by atoms with E-state index in [1.54, 1.807) is 0 Å². The molecule has 3 nitrogen and oxygen atoms in total. The van der Waals surface area contributed by atoms with Crippen molar-refractivity contribution in [1.82, 2.24) is 5.32 Å². The molecule has 0 fully saturated rings. The quantitative estimate of drug-likeness (QED) is 0.190. The lowest BCUT2D eigenvalue weighted by Gasteiger charge is -2.23. The molecule has 2 atom stereocenters. The Kier molecular flexibility index (Phi) is 7.16. The summed E-state index contributed by atoms with van der Waals surface area (Å²) in [6.07, 6.45) is 2.13. The van der Waals surface area contributed by atoms with Gasteiger partial charge >= 0.3 is 0 Å². The number of benzene rings is 6. The molecule has 42 heavy (non-hydrogen) atoms. The third kappa shape index (κ3) is 4.94. The number of nitrogens with two attached hydrogens (primary N) is 1. The van der Waals surface area contributed by atoms with E-state index in [9.17, 15) is 0 Å². The van der Waals surface area contributed by atoms with Crippen LogP contribution in [0.1, 0.15) is 33.7 Å². The number of nitrogens with one attached hydrogen (secondary N) is 1. The van der Waals surface area contributed by atoms with E-state index in [0.717, 1.165) is 11.3 Å². The summed E-state index contributed by atoms with van der Waals surface area (Å²) < 4.78 is 0. The number of rotatable bonds is 7. The number of anilines is 1. The molecule has 1 aliphatic heterocycles. The molecule has 0 aliphatic carbocycles. The van der Waals surface area contributed by atoms with Gasteiger partial charge in [0.1, 0.15) is 5.37 Å². The maximum Gasteiger partial charge on any atom is 0.105 e. The van der Waals surface area contributed by atoms with E-state index in [1.165, 1.54) is 48.8 Å². The van der Waals surface area contributed by atoms with Crippen LogP contribution in [0.4, 0.5) is 5.69 Å². The highest BCUT2D eigenvalue weighted by Crippen LogP contribution is 2.54. The van der Waals surface area contributed by atoms with E-state index in [1.807, 2.05) is 30.0 Å². The summed E-state index contributed by atoms with van der Waals surface area (Å²) in [6, 6.07) is 47.3. The Bertz CT molecular complexity index is 1880. The van der Waals surface area contributed by atoms with Gasteiger partial charge in [0.25, 0.3) is 0 Å². The molecule has 0 spiro atoms. The molecule has 2 unspecified atom stereocenters. The normalized spacial score (nSPS) is 15.7. The zero-order valence-electron chi connectivity index (χ0n) is 23.6. The van der Waals surface area contributed by atoms with Gasteiger partial charge in [-0.05, 0) is 50.6 Å². The highest BCUT2D eigenvalue weighted by atomic mass is 32.2. The van der Waals surface area contributed by atoms with Gasteiger partial charge in [-0.15, -0.1) is 0 Å². The van der Waals surface area contributed by atoms with Crippen LogP contribution in [0.25, 0.3) is 27.2 Å². The van der Waals surface area contributed by atoms with Crippen molar-refractivity contribution < 1.29 is 0 Å². The molecule has 6 aromatic carbocycles. The zero-order chi connectivity index (χ0) is 28.5. The van der Waals surface area contributed by atoms with E-state index >= 15 is 0 Å². The highest BCUT2D eigenvalue weighted by Gasteiger charge is 2.30. The first kappa shape index (κ1) is 26.4. The van der Waals surface area contributed by atoms with Crippen molar-refractivity contribution in [1.29, 1.82) is 0 Å². The van der Waals surface area contributed by atoms with Crippen molar-refractivity contribution in [3.8, 4) is 0 Å². The molecular weight excluding hydrogens is 531 g/mol. The van der Waals surface area contributed by atoms with Gasteiger partial charge in [0, 0.05) is 29.6 Å². The number of hydrogen-bond acceptors (Lipinski definition) is 4. The lowest BCUT2D eigenvalue weighted by molar-refractivity contribution is 0.623. The number of nitrogens with zero attached hydrogens (tertiary/aromatic N) is 1. The second kappa shape index (κ2) is 11.4. The Morgan fingerprint density at radius 2 is 1.48 bits per heavy atom. The number of hydrogen-bond donors (Lipinski definition) is 2. The molecule has 0 aromatic heterocycles. The minimum atomic E-state index is -0.0273. The van der Waals surface area contributed by atoms with Crippen LogP contribution in [-0.4, -0.2) is 7.05 Å². The third-order valence-electron chi connectivity index (χ3n) is 8.22. The van der Waals surface area contributed by atoms with Gasteiger partial charge in [0.15, 0.2) is 0 Å². The zero-order valence-corrected chi connectivity index (χ0v) is 24.4. The fourth-order valence-electron chi connectivity index (χ4n) is 6.10. The Morgan fingerprint density at radius 3 is 2.24 bits per heavy atom. The minimum absolute atomic E-state index is 0.0273. The van der Waals surface area contributed by atoms with Crippen molar-refractivity contribution in [3.63, 3.8) is 0 Å². The average molecular weight is 564 g/mol. The molecule has 3 N–H and O–H groups in total. The van der Waals surface area contributed by atoms with Crippen LogP contribution < -0.4 is 16.0 Å². The van der Waals surface area contributed by atoms with Gasteiger partial charge < -0.3 is 16.0 Å². The Morgan fingerprint density at radius 1 is 0.786 bits per heavy atom. The maximum atomic E-state index is 6.59. The smallest absolute Gasteiger partial charge is 0.105 e. The standard InChI is InChI=1S/C38H33N3S/c1-41-37-35(42-38(41)29-16-9-4-10-17-29)23-21-28-20-22-31-30(18-11-19-32(31)36(28)37)25-40-34(27-14-7-3-8-15-27)24-33(39)26-12-5-2-6-13-26/h2-24,34,38,40H,25,39H2,1H3/b33-24-. The largest absolute Gasteiger partial charge is 0.398 e. The molecule has 0 saturated heterocycles. The Labute approximate surface area is 251 Å². The van der Waals surface area contributed by atoms with Crippen LogP contribution in [-0.2, 0) is 6.54 Å². The molecule has 4 heteroatoms. The van der Waals surface area contributed by atoms with Crippen LogP contribution in [0.5, 0.6) is 0 Å². The maximum absolute atomic E-state index is 6.59. The number of thioether (sulfide) groups is 1. The molecule has 7 rings (SSSR count). The van der Waals surface area contributed by atoms with Crippen LogP contribution in [0, 0.1) is 0 Å². The van der Waals surface area contributed by atoms with Gasteiger partial charge in [-0.1, -0.05) is 139 Å². The molecule has 0 amide bonds. The average Bonchev–Trinajstić information content (AvgIpc) is 3.40. The summed E-state index contributed by atoms with van der Waals surface area (Å²) in [5, 5.41) is 9.24. The molecule has 0 bridgehead atoms. The third-order valence-corrected chi connectivity index (χ3v) is 9.62. The van der Waals surface area contributed by atoms with Gasteiger partial charge in [0.2, 0.25) is 0 Å². The van der Waals surface area contributed by atoms with Crippen LogP contribution in [0.2, 0.25) is 0 Å². The van der Waals surface area contributed by atoms with E-state index in [4.69, 9.17) is 5.73 Å². The summed E-state index contributed by atoms with van der Waals surface area (Å²) in [6.45, 7) is 0.716. The summed E-state index contributed by atoms with van der Waals surface area (Å²) in [4.78, 5) is 3.78. The van der Waals surface area contributed by atoms with E-state index in [0.29, 0.717) is 6.54 Å². The van der Waals surface area contributed by atoms with Crippen LogP contribution in [0.3, 0.4) is 0 Å². The summed E-state index contributed by atoms with van der Waals surface area (Å²) in [5.41, 5.74) is 13.5. The van der Waals surface area contributed by atoms with Crippen molar-refractivity contribution in [2.45, 2.75) is 22.9 Å². The van der Waals surface area contributed by atoms with Crippen molar-refractivity contribution in [3.05, 3.63) is 162 Å². The Hall–Kier alpha value is -4.51. The van der Waals surface area contributed by atoms with Gasteiger partial charge in [-0.25, -0.2) is 0 Å². The molecule has 6 aromatic rings. The Balaban J connectivity index is 1.26. The lowest BCUT2D eigenvalue weighted by Crippen LogP contribution is -2.20. The van der Waals surface area contributed by atoms with E-state index < -0.39 is 0 Å². The first-order valence-electron chi connectivity index (χ1n) is 14.4. The summed E-state index contributed by atoms with van der Waals surface area (Å²) in [5.74, 6) is 0.